The third kappa shape index (κ3) is 2.35. The Hall–Kier alpha value is -0.940. The van der Waals surface area contributed by atoms with Crippen molar-refractivity contribution in [2.24, 2.45) is 0 Å². The smallest absolute Gasteiger partial charge is 0.193 e. The van der Waals surface area contributed by atoms with Gasteiger partial charge < -0.3 is 14.6 Å². The molecule has 1 N–H and O–H groups in total. The van der Waals surface area contributed by atoms with Crippen LogP contribution in [0.2, 0.25) is 0 Å². The number of rotatable bonds is 5. The van der Waals surface area contributed by atoms with Crippen LogP contribution in [-0.4, -0.2) is 49.7 Å². The van der Waals surface area contributed by atoms with Crippen molar-refractivity contribution in [1.82, 2.24) is 4.90 Å². The van der Waals surface area contributed by atoms with Gasteiger partial charge in [-0.3, -0.25) is 4.90 Å². The van der Waals surface area contributed by atoms with Gasteiger partial charge in [0.15, 0.2) is 5.79 Å². The summed E-state index contributed by atoms with van der Waals surface area (Å²) in [5, 5.41) is 9.51. The van der Waals surface area contributed by atoms with Gasteiger partial charge in [0.1, 0.15) is 0 Å². The minimum absolute atomic E-state index is 0.0228. The molecule has 1 aromatic carbocycles. The fraction of sp³-hybridized carbons (Fsp3) is 0.538. The highest BCUT2D eigenvalue weighted by Gasteiger charge is 2.46. The summed E-state index contributed by atoms with van der Waals surface area (Å²) < 4.78 is 10.7. The molecule has 0 aromatic heterocycles. The molecule has 1 aromatic rings. The normalized spacial score (nSPS) is 20.9. The lowest BCUT2D eigenvalue weighted by Gasteiger charge is -2.50. The average molecular weight is 237 g/mol. The molecule has 1 aliphatic heterocycles. The molecular weight excluding hydrogens is 218 g/mol. The second-order valence-corrected chi connectivity index (χ2v) is 4.33. The van der Waals surface area contributed by atoms with Crippen molar-refractivity contribution in [3.8, 4) is 0 Å². The van der Waals surface area contributed by atoms with E-state index in [-0.39, 0.29) is 12.6 Å². The highest BCUT2D eigenvalue weighted by Crippen LogP contribution is 2.33. The van der Waals surface area contributed by atoms with Crippen LogP contribution in [0.4, 0.5) is 0 Å². The molecule has 0 aliphatic carbocycles. The molecule has 0 amide bonds. The number of nitrogens with zero attached hydrogens (tertiary/aromatic N) is 1. The van der Waals surface area contributed by atoms with Crippen molar-refractivity contribution in [2.45, 2.75) is 11.8 Å². The standard InChI is InChI=1S/C13H19NO3/c1-16-13(17-2)9-14(10-13)12(8-15)11-6-4-3-5-7-11/h3-7,12,15H,8-10H2,1-2H3. The van der Waals surface area contributed by atoms with Crippen molar-refractivity contribution >= 4 is 0 Å². The van der Waals surface area contributed by atoms with Gasteiger partial charge in [-0.25, -0.2) is 0 Å². The van der Waals surface area contributed by atoms with Crippen molar-refractivity contribution in [2.75, 3.05) is 33.9 Å². The number of methoxy groups -OCH3 is 2. The molecule has 0 radical (unpaired) electrons. The summed E-state index contributed by atoms with van der Waals surface area (Å²) in [7, 11) is 3.30. The lowest BCUT2D eigenvalue weighted by Crippen LogP contribution is -2.64. The molecule has 0 saturated carbocycles. The number of aliphatic hydroxyl groups excluding tert-OH is 1. The topological polar surface area (TPSA) is 41.9 Å². The molecule has 1 aliphatic rings. The average Bonchev–Trinajstić information content (AvgIpc) is 2.34. The van der Waals surface area contributed by atoms with Gasteiger partial charge in [0.2, 0.25) is 0 Å². The summed E-state index contributed by atoms with van der Waals surface area (Å²) in [6.45, 7) is 1.47. The number of hydrogen-bond donors (Lipinski definition) is 1. The molecule has 1 fully saturated rings. The van der Waals surface area contributed by atoms with Gasteiger partial charge in [-0.05, 0) is 5.56 Å². The first kappa shape index (κ1) is 12.5. The first-order valence-electron chi connectivity index (χ1n) is 5.75. The van der Waals surface area contributed by atoms with E-state index in [4.69, 9.17) is 9.47 Å². The molecule has 1 heterocycles. The van der Waals surface area contributed by atoms with E-state index in [0.717, 1.165) is 5.56 Å². The van der Waals surface area contributed by atoms with Crippen molar-refractivity contribution in [3.05, 3.63) is 35.9 Å². The molecule has 0 bridgehead atoms. The van der Waals surface area contributed by atoms with Crippen LogP contribution in [0.25, 0.3) is 0 Å². The quantitative estimate of drug-likeness (QED) is 0.777. The molecule has 94 valence electrons. The lowest BCUT2D eigenvalue weighted by molar-refractivity contribution is -0.284. The maximum atomic E-state index is 9.51. The Morgan fingerprint density at radius 1 is 1.24 bits per heavy atom. The van der Waals surface area contributed by atoms with Crippen LogP contribution in [-0.2, 0) is 9.47 Å². The van der Waals surface area contributed by atoms with E-state index in [9.17, 15) is 5.11 Å². The summed E-state index contributed by atoms with van der Waals surface area (Å²) in [4.78, 5) is 2.16. The maximum absolute atomic E-state index is 9.51. The summed E-state index contributed by atoms with van der Waals surface area (Å²) in [5.74, 6) is -0.498. The highest BCUT2D eigenvalue weighted by molar-refractivity contribution is 5.20. The second-order valence-electron chi connectivity index (χ2n) is 4.33. The Balaban J connectivity index is 2.03. The van der Waals surface area contributed by atoms with Gasteiger partial charge in [0, 0.05) is 14.2 Å². The molecule has 1 atom stereocenters. The molecule has 4 heteroatoms. The molecule has 2 rings (SSSR count). The number of benzene rings is 1. The Kier molecular flexibility index (Phi) is 3.79. The Morgan fingerprint density at radius 3 is 2.29 bits per heavy atom. The van der Waals surface area contributed by atoms with Crippen molar-refractivity contribution < 1.29 is 14.6 Å². The zero-order valence-electron chi connectivity index (χ0n) is 10.3. The number of ether oxygens (including phenoxy) is 2. The fourth-order valence-corrected chi connectivity index (χ4v) is 2.24. The van der Waals surface area contributed by atoms with E-state index < -0.39 is 5.79 Å². The number of aliphatic hydroxyl groups is 1. The van der Waals surface area contributed by atoms with E-state index in [0.29, 0.717) is 13.1 Å². The van der Waals surface area contributed by atoms with Crippen LogP contribution in [0.3, 0.4) is 0 Å². The van der Waals surface area contributed by atoms with Crippen LogP contribution >= 0.6 is 0 Å². The number of hydrogen-bond acceptors (Lipinski definition) is 4. The van der Waals surface area contributed by atoms with Gasteiger partial charge in [-0.2, -0.15) is 0 Å². The Bertz CT molecular complexity index is 343. The van der Waals surface area contributed by atoms with Crippen LogP contribution in [0.15, 0.2) is 30.3 Å². The van der Waals surface area contributed by atoms with E-state index in [1.165, 1.54) is 0 Å². The summed E-state index contributed by atoms with van der Waals surface area (Å²) in [5.41, 5.74) is 1.12. The SMILES string of the molecule is COC1(OC)CN(C(CO)c2ccccc2)C1. The van der Waals surface area contributed by atoms with E-state index in [1.54, 1.807) is 14.2 Å². The molecule has 1 saturated heterocycles. The van der Waals surface area contributed by atoms with E-state index in [2.05, 4.69) is 4.90 Å². The van der Waals surface area contributed by atoms with Gasteiger partial charge in [-0.1, -0.05) is 30.3 Å². The predicted octanol–water partition coefficient (Wildman–Crippen LogP) is 1.02. The molecular formula is C13H19NO3. The maximum Gasteiger partial charge on any atom is 0.193 e. The largest absolute Gasteiger partial charge is 0.394 e. The van der Waals surface area contributed by atoms with Crippen LogP contribution in [0, 0.1) is 0 Å². The highest BCUT2D eigenvalue weighted by atomic mass is 16.7. The summed E-state index contributed by atoms with van der Waals surface area (Å²) in [6, 6.07) is 10.0. The first-order chi connectivity index (χ1) is 8.24. The van der Waals surface area contributed by atoms with Crippen LogP contribution in [0.5, 0.6) is 0 Å². The molecule has 17 heavy (non-hydrogen) atoms. The molecule has 4 nitrogen and oxygen atoms in total. The summed E-state index contributed by atoms with van der Waals surface area (Å²) in [6.07, 6.45) is 0. The molecule has 1 unspecified atom stereocenters. The fourth-order valence-electron chi connectivity index (χ4n) is 2.24. The second kappa shape index (κ2) is 5.14. The van der Waals surface area contributed by atoms with Gasteiger partial charge >= 0.3 is 0 Å². The van der Waals surface area contributed by atoms with Gasteiger partial charge in [0.25, 0.3) is 0 Å². The van der Waals surface area contributed by atoms with E-state index in [1.807, 2.05) is 30.3 Å². The van der Waals surface area contributed by atoms with E-state index >= 15 is 0 Å². The first-order valence-corrected chi connectivity index (χ1v) is 5.75. The van der Waals surface area contributed by atoms with Crippen LogP contribution in [0.1, 0.15) is 11.6 Å². The zero-order chi connectivity index (χ0) is 12.3. The molecule has 0 spiro atoms. The minimum Gasteiger partial charge on any atom is -0.394 e. The Morgan fingerprint density at radius 2 is 1.82 bits per heavy atom. The third-order valence-corrected chi connectivity index (χ3v) is 3.43. The third-order valence-electron chi connectivity index (χ3n) is 3.43. The Labute approximate surface area is 102 Å². The van der Waals surface area contributed by atoms with Gasteiger partial charge in [0.05, 0.1) is 25.7 Å². The lowest BCUT2D eigenvalue weighted by atomic mass is 9.99. The van der Waals surface area contributed by atoms with Crippen LogP contribution < -0.4 is 0 Å². The zero-order valence-corrected chi connectivity index (χ0v) is 10.3. The minimum atomic E-state index is -0.498. The predicted molar refractivity (Wildman–Crippen MR) is 64.6 cm³/mol. The monoisotopic (exact) mass is 237 g/mol. The number of likely N-dealkylation sites (tertiary alicyclic amines) is 1. The van der Waals surface area contributed by atoms with Crippen molar-refractivity contribution in [3.63, 3.8) is 0 Å². The van der Waals surface area contributed by atoms with Gasteiger partial charge in [-0.15, -0.1) is 0 Å². The van der Waals surface area contributed by atoms with Crippen molar-refractivity contribution in [1.29, 1.82) is 0 Å². The summed E-state index contributed by atoms with van der Waals surface area (Å²) >= 11 is 0.